The summed E-state index contributed by atoms with van der Waals surface area (Å²) in [4.78, 5) is 0. The number of hydrogen-bond acceptors (Lipinski definition) is 2. The van der Waals surface area contributed by atoms with E-state index in [0.29, 0.717) is 6.54 Å². The molecule has 4 heteroatoms. The monoisotopic (exact) mass is 172 g/mol. The van der Waals surface area contributed by atoms with Crippen molar-refractivity contribution in [1.82, 2.24) is 9.78 Å². The molecule has 12 heavy (non-hydrogen) atoms. The van der Waals surface area contributed by atoms with Crippen molar-refractivity contribution >= 4 is 0 Å². The standard InChI is InChI=1S/C8H13FN2O/c1-2-3-4-11-8(9)7(6-12)5-10-11/h5,12H,2-4,6H2,1H3. The molecule has 68 valence electrons. The number of halogens is 1. The van der Waals surface area contributed by atoms with Gasteiger partial charge >= 0.3 is 0 Å². The molecule has 0 radical (unpaired) electrons. The summed E-state index contributed by atoms with van der Waals surface area (Å²) in [6, 6.07) is 0. The maximum Gasteiger partial charge on any atom is 0.216 e. The highest BCUT2D eigenvalue weighted by Gasteiger charge is 2.07. The first-order chi connectivity index (χ1) is 5.79. The third-order valence-electron chi connectivity index (χ3n) is 1.74. The Kier molecular flexibility index (Phi) is 3.22. The normalized spacial score (nSPS) is 10.6. The Hall–Kier alpha value is -0.900. The van der Waals surface area contributed by atoms with E-state index in [1.54, 1.807) is 0 Å². The number of nitrogens with zero attached hydrogens (tertiary/aromatic N) is 2. The highest BCUT2D eigenvalue weighted by atomic mass is 19.1. The van der Waals surface area contributed by atoms with Crippen LogP contribution in [0.15, 0.2) is 6.20 Å². The molecule has 1 aromatic heterocycles. The van der Waals surface area contributed by atoms with Gasteiger partial charge in [-0.05, 0) is 6.42 Å². The number of aliphatic hydroxyl groups excluding tert-OH is 1. The molecule has 0 atom stereocenters. The topological polar surface area (TPSA) is 38.0 Å². The Morgan fingerprint density at radius 1 is 1.67 bits per heavy atom. The minimum Gasteiger partial charge on any atom is -0.391 e. The van der Waals surface area contributed by atoms with E-state index in [0.717, 1.165) is 12.8 Å². The van der Waals surface area contributed by atoms with Gasteiger partial charge in [-0.25, -0.2) is 4.68 Å². The van der Waals surface area contributed by atoms with Crippen molar-refractivity contribution < 1.29 is 9.50 Å². The number of aromatic nitrogens is 2. The van der Waals surface area contributed by atoms with Gasteiger partial charge in [-0.1, -0.05) is 13.3 Å². The Balaban J connectivity index is 2.66. The van der Waals surface area contributed by atoms with Gasteiger partial charge in [0.1, 0.15) is 0 Å². The lowest BCUT2D eigenvalue weighted by atomic mass is 10.3. The van der Waals surface area contributed by atoms with E-state index in [9.17, 15) is 4.39 Å². The van der Waals surface area contributed by atoms with Crippen LogP contribution in [-0.2, 0) is 13.2 Å². The van der Waals surface area contributed by atoms with Crippen molar-refractivity contribution in [2.45, 2.75) is 32.9 Å². The van der Waals surface area contributed by atoms with Gasteiger partial charge in [0.15, 0.2) is 0 Å². The van der Waals surface area contributed by atoms with Crippen LogP contribution in [0.5, 0.6) is 0 Å². The molecule has 0 saturated heterocycles. The summed E-state index contributed by atoms with van der Waals surface area (Å²) in [5, 5.41) is 12.5. The first-order valence-corrected chi connectivity index (χ1v) is 4.10. The third-order valence-corrected chi connectivity index (χ3v) is 1.74. The fraction of sp³-hybridized carbons (Fsp3) is 0.625. The van der Waals surface area contributed by atoms with Crippen molar-refractivity contribution in [3.63, 3.8) is 0 Å². The SMILES string of the molecule is CCCCn1ncc(CO)c1F. The number of aliphatic hydroxyl groups is 1. The highest BCUT2D eigenvalue weighted by Crippen LogP contribution is 2.06. The van der Waals surface area contributed by atoms with Gasteiger partial charge < -0.3 is 5.11 Å². The lowest BCUT2D eigenvalue weighted by Crippen LogP contribution is -2.03. The summed E-state index contributed by atoms with van der Waals surface area (Å²) in [6.45, 7) is 2.34. The third kappa shape index (κ3) is 1.82. The van der Waals surface area contributed by atoms with Crippen LogP contribution in [0.2, 0.25) is 0 Å². The van der Waals surface area contributed by atoms with Gasteiger partial charge in [-0.15, -0.1) is 0 Å². The van der Waals surface area contributed by atoms with E-state index in [-0.39, 0.29) is 12.2 Å². The second kappa shape index (κ2) is 4.21. The number of hydrogen-bond donors (Lipinski definition) is 1. The fourth-order valence-corrected chi connectivity index (χ4v) is 0.979. The molecular formula is C8H13FN2O. The Morgan fingerprint density at radius 3 is 2.92 bits per heavy atom. The van der Waals surface area contributed by atoms with Crippen LogP contribution < -0.4 is 0 Å². The number of rotatable bonds is 4. The van der Waals surface area contributed by atoms with Crippen molar-refractivity contribution in [1.29, 1.82) is 0 Å². The van der Waals surface area contributed by atoms with Crippen molar-refractivity contribution in [3.05, 3.63) is 17.7 Å². The molecule has 0 aromatic carbocycles. The van der Waals surface area contributed by atoms with E-state index in [4.69, 9.17) is 5.11 Å². The first kappa shape index (κ1) is 9.19. The van der Waals surface area contributed by atoms with Crippen molar-refractivity contribution in [2.24, 2.45) is 0 Å². The number of unbranched alkanes of at least 4 members (excludes halogenated alkanes) is 1. The molecule has 1 N–H and O–H groups in total. The maximum absolute atomic E-state index is 13.1. The second-order valence-electron chi connectivity index (χ2n) is 2.70. The van der Waals surface area contributed by atoms with Crippen LogP contribution in [0.1, 0.15) is 25.3 Å². The van der Waals surface area contributed by atoms with Crippen molar-refractivity contribution in [2.75, 3.05) is 0 Å². The minimum absolute atomic E-state index is 0.270. The van der Waals surface area contributed by atoms with E-state index in [1.165, 1.54) is 10.9 Å². The molecule has 3 nitrogen and oxygen atoms in total. The van der Waals surface area contributed by atoms with Crippen LogP contribution in [0.25, 0.3) is 0 Å². The summed E-state index contributed by atoms with van der Waals surface area (Å²) in [5.41, 5.74) is 0.270. The summed E-state index contributed by atoms with van der Waals surface area (Å²) < 4.78 is 14.4. The average Bonchev–Trinajstić information content (AvgIpc) is 2.43. The lowest BCUT2D eigenvalue weighted by molar-refractivity contribution is 0.273. The van der Waals surface area contributed by atoms with Crippen molar-refractivity contribution in [3.8, 4) is 0 Å². The van der Waals surface area contributed by atoms with Gasteiger partial charge in [0, 0.05) is 6.54 Å². The smallest absolute Gasteiger partial charge is 0.216 e. The van der Waals surface area contributed by atoms with E-state index < -0.39 is 5.95 Å². The summed E-state index contributed by atoms with van der Waals surface area (Å²) in [7, 11) is 0. The molecule has 0 fully saturated rings. The Bertz CT molecular complexity index is 247. The molecule has 1 heterocycles. The summed E-state index contributed by atoms with van der Waals surface area (Å²) >= 11 is 0. The molecule has 0 aliphatic carbocycles. The van der Waals surface area contributed by atoms with Crippen LogP contribution in [-0.4, -0.2) is 14.9 Å². The predicted octanol–water partition coefficient (Wildman–Crippen LogP) is 1.31. The van der Waals surface area contributed by atoms with Crippen LogP contribution in [0.4, 0.5) is 4.39 Å². The first-order valence-electron chi connectivity index (χ1n) is 4.10. The second-order valence-corrected chi connectivity index (χ2v) is 2.70. The molecule has 0 aliphatic rings. The van der Waals surface area contributed by atoms with Gasteiger partial charge in [0.05, 0.1) is 18.4 Å². The zero-order valence-electron chi connectivity index (χ0n) is 7.13. The summed E-state index contributed by atoms with van der Waals surface area (Å²) in [6.07, 6.45) is 3.28. The molecular weight excluding hydrogens is 159 g/mol. The van der Waals surface area contributed by atoms with Gasteiger partial charge in [-0.3, -0.25) is 0 Å². The Morgan fingerprint density at radius 2 is 2.42 bits per heavy atom. The quantitative estimate of drug-likeness (QED) is 0.743. The average molecular weight is 172 g/mol. The maximum atomic E-state index is 13.1. The van der Waals surface area contributed by atoms with Gasteiger partial charge in [-0.2, -0.15) is 9.49 Å². The molecule has 0 amide bonds. The van der Waals surface area contributed by atoms with Crippen LogP contribution in [0.3, 0.4) is 0 Å². The molecule has 1 aromatic rings. The molecule has 1 rings (SSSR count). The molecule has 0 aliphatic heterocycles. The van der Waals surface area contributed by atoms with E-state index >= 15 is 0 Å². The van der Waals surface area contributed by atoms with Gasteiger partial charge in [0.2, 0.25) is 5.95 Å². The molecule has 0 saturated carbocycles. The zero-order chi connectivity index (χ0) is 8.97. The zero-order valence-corrected chi connectivity index (χ0v) is 7.13. The fourth-order valence-electron chi connectivity index (χ4n) is 0.979. The largest absolute Gasteiger partial charge is 0.391 e. The number of aryl methyl sites for hydroxylation is 1. The van der Waals surface area contributed by atoms with E-state index in [1.807, 2.05) is 6.92 Å². The lowest BCUT2D eigenvalue weighted by Gasteiger charge is -1.99. The Labute approximate surface area is 70.8 Å². The predicted molar refractivity (Wildman–Crippen MR) is 43.0 cm³/mol. The molecule has 0 unspecified atom stereocenters. The van der Waals surface area contributed by atoms with Gasteiger partial charge in [0.25, 0.3) is 0 Å². The van der Waals surface area contributed by atoms with Crippen LogP contribution in [0, 0.1) is 5.95 Å². The molecule has 0 bridgehead atoms. The molecule has 0 spiro atoms. The highest BCUT2D eigenvalue weighted by molar-refractivity contribution is 5.04. The van der Waals surface area contributed by atoms with Crippen LogP contribution >= 0.6 is 0 Å². The van der Waals surface area contributed by atoms with E-state index in [2.05, 4.69) is 5.10 Å². The summed E-state index contributed by atoms with van der Waals surface area (Å²) in [5.74, 6) is -0.411. The minimum atomic E-state index is -0.411.